The molecular formula is C22H25ClN4O5. The molecule has 0 bridgehead atoms. The van der Waals surface area contributed by atoms with Gasteiger partial charge in [0, 0.05) is 37.1 Å². The molecule has 1 aromatic carbocycles. The van der Waals surface area contributed by atoms with E-state index < -0.39 is 5.60 Å². The molecule has 3 heterocycles. The van der Waals surface area contributed by atoms with Crippen LogP contribution < -0.4 is 4.74 Å². The van der Waals surface area contributed by atoms with Crippen molar-refractivity contribution in [3.8, 4) is 5.75 Å². The normalized spacial score (nSPS) is 21.3. The van der Waals surface area contributed by atoms with Gasteiger partial charge in [0.05, 0.1) is 38.3 Å². The molecule has 4 rings (SSSR count). The van der Waals surface area contributed by atoms with Crippen LogP contribution in [0, 0.1) is 0 Å². The van der Waals surface area contributed by atoms with E-state index in [1.807, 2.05) is 0 Å². The quantitative estimate of drug-likeness (QED) is 0.647. The molecule has 0 unspecified atom stereocenters. The summed E-state index contributed by atoms with van der Waals surface area (Å²) < 4.78 is 17.5. The second-order valence-corrected chi connectivity index (χ2v) is 8.24. The van der Waals surface area contributed by atoms with Crippen LogP contribution >= 0.6 is 11.6 Å². The summed E-state index contributed by atoms with van der Waals surface area (Å²) in [5, 5.41) is 0.548. The van der Waals surface area contributed by atoms with Crippen LogP contribution in [0.5, 0.6) is 5.75 Å². The highest BCUT2D eigenvalue weighted by Gasteiger charge is 2.42. The number of hydrogen-bond donors (Lipinski definition) is 0. The maximum Gasteiger partial charge on any atom is 0.257 e. The minimum absolute atomic E-state index is 0.0552. The van der Waals surface area contributed by atoms with Crippen molar-refractivity contribution in [3.05, 3.63) is 53.6 Å². The fourth-order valence-electron chi connectivity index (χ4n) is 3.83. The topological polar surface area (TPSA) is 94.1 Å². The van der Waals surface area contributed by atoms with Crippen molar-refractivity contribution in [2.45, 2.75) is 12.0 Å². The van der Waals surface area contributed by atoms with Gasteiger partial charge in [-0.05, 0) is 18.2 Å². The van der Waals surface area contributed by atoms with Gasteiger partial charge in [-0.2, -0.15) is 0 Å². The first-order valence-electron chi connectivity index (χ1n) is 10.5. The van der Waals surface area contributed by atoms with E-state index >= 15 is 0 Å². The molecule has 2 amide bonds. The highest BCUT2D eigenvalue weighted by molar-refractivity contribution is 6.30. The van der Waals surface area contributed by atoms with E-state index in [2.05, 4.69) is 9.97 Å². The molecule has 2 aliphatic heterocycles. The zero-order valence-electron chi connectivity index (χ0n) is 17.6. The number of carbonyl (C=O) groups excluding carboxylic acids is 2. The number of benzene rings is 1. The number of nitrogens with zero attached hydrogens (tertiary/aromatic N) is 4. The fourth-order valence-corrected chi connectivity index (χ4v) is 4.01. The van der Waals surface area contributed by atoms with Crippen LogP contribution in [0.25, 0.3) is 0 Å². The minimum atomic E-state index is -0.999. The summed E-state index contributed by atoms with van der Waals surface area (Å²) in [4.78, 5) is 37.4. The SMILES string of the molecule is O=C(C[C@]1(COc2cccc(Cl)c2)CN(C(=O)c2cncnc2)CCO1)N1CCOCC1. The van der Waals surface area contributed by atoms with Crippen LogP contribution in [-0.4, -0.2) is 89.8 Å². The molecule has 2 aliphatic rings. The van der Waals surface area contributed by atoms with Crippen LogP contribution in [0.4, 0.5) is 0 Å². The zero-order valence-corrected chi connectivity index (χ0v) is 18.4. The van der Waals surface area contributed by atoms with Gasteiger partial charge in [0.25, 0.3) is 5.91 Å². The Morgan fingerprint density at radius 2 is 1.84 bits per heavy atom. The van der Waals surface area contributed by atoms with Crippen molar-refractivity contribution in [1.29, 1.82) is 0 Å². The summed E-state index contributed by atoms with van der Waals surface area (Å²) >= 11 is 6.07. The molecule has 0 radical (unpaired) electrons. The molecule has 0 spiro atoms. The van der Waals surface area contributed by atoms with Crippen molar-refractivity contribution < 1.29 is 23.8 Å². The van der Waals surface area contributed by atoms with Crippen molar-refractivity contribution in [3.63, 3.8) is 0 Å². The second-order valence-electron chi connectivity index (χ2n) is 7.80. The van der Waals surface area contributed by atoms with E-state index in [0.29, 0.717) is 49.2 Å². The largest absolute Gasteiger partial charge is 0.490 e. The van der Waals surface area contributed by atoms with Gasteiger partial charge in [-0.25, -0.2) is 9.97 Å². The molecule has 0 saturated carbocycles. The van der Waals surface area contributed by atoms with E-state index in [1.165, 1.54) is 18.7 Å². The molecule has 1 aromatic heterocycles. The predicted molar refractivity (Wildman–Crippen MR) is 116 cm³/mol. The van der Waals surface area contributed by atoms with Crippen LogP contribution in [0.2, 0.25) is 5.02 Å². The van der Waals surface area contributed by atoms with E-state index in [4.69, 9.17) is 25.8 Å². The molecule has 0 N–H and O–H groups in total. The molecule has 2 aromatic rings. The lowest BCUT2D eigenvalue weighted by Gasteiger charge is -2.43. The molecule has 32 heavy (non-hydrogen) atoms. The molecule has 170 valence electrons. The van der Waals surface area contributed by atoms with Gasteiger partial charge in [0.1, 0.15) is 24.3 Å². The maximum absolute atomic E-state index is 13.1. The van der Waals surface area contributed by atoms with Gasteiger partial charge < -0.3 is 24.0 Å². The Kier molecular flexibility index (Phi) is 7.19. The Bertz CT molecular complexity index is 941. The van der Waals surface area contributed by atoms with Gasteiger partial charge in [-0.1, -0.05) is 17.7 Å². The number of amides is 2. The molecule has 9 nitrogen and oxygen atoms in total. The number of rotatable bonds is 6. The predicted octanol–water partition coefficient (Wildman–Crippen LogP) is 1.67. The van der Waals surface area contributed by atoms with Crippen LogP contribution in [0.15, 0.2) is 43.0 Å². The summed E-state index contributed by atoms with van der Waals surface area (Å²) in [6, 6.07) is 7.03. The number of morpholine rings is 2. The van der Waals surface area contributed by atoms with Crippen LogP contribution in [0.3, 0.4) is 0 Å². The van der Waals surface area contributed by atoms with Gasteiger partial charge in [-0.15, -0.1) is 0 Å². The van der Waals surface area contributed by atoms with Crippen LogP contribution in [-0.2, 0) is 14.3 Å². The van der Waals surface area contributed by atoms with Crippen LogP contribution in [0.1, 0.15) is 16.8 Å². The lowest BCUT2D eigenvalue weighted by Crippen LogP contribution is -2.58. The van der Waals surface area contributed by atoms with Gasteiger partial charge >= 0.3 is 0 Å². The maximum atomic E-state index is 13.1. The smallest absolute Gasteiger partial charge is 0.257 e. The van der Waals surface area contributed by atoms with Gasteiger partial charge in [0.2, 0.25) is 5.91 Å². The van der Waals surface area contributed by atoms with Crippen molar-refractivity contribution in [2.24, 2.45) is 0 Å². The lowest BCUT2D eigenvalue weighted by atomic mass is 9.96. The zero-order chi connectivity index (χ0) is 22.4. The second kappa shape index (κ2) is 10.2. The number of halogens is 1. The molecule has 0 aliphatic carbocycles. The third-order valence-corrected chi connectivity index (χ3v) is 5.71. The number of aromatic nitrogens is 2. The highest BCUT2D eigenvalue weighted by Crippen LogP contribution is 2.27. The number of hydrogen-bond acceptors (Lipinski definition) is 7. The first-order valence-corrected chi connectivity index (χ1v) is 10.8. The number of carbonyl (C=O) groups is 2. The molecule has 10 heteroatoms. The van der Waals surface area contributed by atoms with Crippen molar-refractivity contribution in [1.82, 2.24) is 19.8 Å². The standard InChI is InChI=1S/C22H25ClN4O5/c23-18-2-1-3-19(10-18)31-15-22(11-20(28)26-4-7-30-8-5-26)14-27(6-9-32-22)21(29)17-12-24-16-25-13-17/h1-3,10,12-13,16H,4-9,11,14-15H2/t22-/m1/s1. The molecule has 2 fully saturated rings. The summed E-state index contributed by atoms with van der Waals surface area (Å²) in [6.07, 6.45) is 4.42. The Balaban J connectivity index is 1.52. The van der Waals surface area contributed by atoms with E-state index in [9.17, 15) is 9.59 Å². The third-order valence-electron chi connectivity index (χ3n) is 5.48. The fraction of sp³-hybridized carbons (Fsp3) is 0.455. The van der Waals surface area contributed by atoms with Crippen molar-refractivity contribution in [2.75, 3.05) is 52.6 Å². The molecule has 1 atom stereocenters. The van der Waals surface area contributed by atoms with Gasteiger partial charge in [0.15, 0.2) is 0 Å². The van der Waals surface area contributed by atoms with Gasteiger partial charge in [-0.3, -0.25) is 9.59 Å². The molecular weight excluding hydrogens is 436 g/mol. The Labute approximate surface area is 191 Å². The first-order chi connectivity index (χ1) is 15.5. The lowest BCUT2D eigenvalue weighted by molar-refractivity contribution is -0.155. The average molecular weight is 461 g/mol. The summed E-state index contributed by atoms with van der Waals surface area (Å²) in [6.45, 7) is 3.08. The average Bonchev–Trinajstić information content (AvgIpc) is 2.84. The summed E-state index contributed by atoms with van der Waals surface area (Å²) in [5.41, 5.74) is -0.611. The Hall–Kier alpha value is -2.75. The van der Waals surface area contributed by atoms with E-state index in [1.54, 1.807) is 34.1 Å². The first kappa shape index (κ1) is 22.4. The van der Waals surface area contributed by atoms with Crippen molar-refractivity contribution >= 4 is 23.4 Å². The highest BCUT2D eigenvalue weighted by atomic mass is 35.5. The molecule has 2 saturated heterocycles. The third kappa shape index (κ3) is 5.53. The van der Waals surface area contributed by atoms with E-state index in [-0.39, 0.29) is 38.0 Å². The minimum Gasteiger partial charge on any atom is -0.490 e. The Morgan fingerprint density at radius 3 is 2.59 bits per heavy atom. The summed E-state index contributed by atoms with van der Waals surface area (Å²) in [5.74, 6) is 0.305. The monoisotopic (exact) mass is 460 g/mol. The summed E-state index contributed by atoms with van der Waals surface area (Å²) in [7, 11) is 0. The van der Waals surface area contributed by atoms with E-state index in [0.717, 1.165) is 0 Å². The number of ether oxygens (including phenoxy) is 3. The Morgan fingerprint density at radius 1 is 1.09 bits per heavy atom.